The van der Waals surface area contributed by atoms with Crippen LogP contribution < -0.4 is 5.32 Å². The van der Waals surface area contributed by atoms with E-state index < -0.39 is 0 Å². The highest BCUT2D eigenvalue weighted by atomic mass is 14.8. The van der Waals surface area contributed by atoms with Gasteiger partial charge in [0.1, 0.15) is 0 Å². The van der Waals surface area contributed by atoms with Crippen LogP contribution in [0.2, 0.25) is 0 Å². The van der Waals surface area contributed by atoms with Crippen molar-refractivity contribution in [3.8, 4) is 0 Å². The maximum Gasteiger partial charge on any atom is 0.0462 e. The molecule has 74 valence electrons. The van der Waals surface area contributed by atoms with Gasteiger partial charge in [0, 0.05) is 23.1 Å². The first-order chi connectivity index (χ1) is 6.72. The predicted molar refractivity (Wildman–Crippen MR) is 60.5 cm³/mol. The minimum Gasteiger partial charge on any atom is -0.358 e. The molecule has 14 heavy (non-hydrogen) atoms. The second kappa shape index (κ2) is 3.46. The van der Waals surface area contributed by atoms with Crippen LogP contribution in [0.4, 0.5) is 0 Å². The standard InChI is InChI=1S/C12H16N2/c1-8-4-5-10-11(7-13-3)9(2)14-12(10)6-8/h4-6,13-14H,7H2,1-3H3. The predicted octanol–water partition coefficient (Wildman–Crippen LogP) is 2.50. The van der Waals surface area contributed by atoms with E-state index in [1.807, 2.05) is 7.05 Å². The SMILES string of the molecule is CNCc1c(C)[nH]c2cc(C)ccc12. The smallest absolute Gasteiger partial charge is 0.0462 e. The van der Waals surface area contributed by atoms with Gasteiger partial charge in [0.05, 0.1) is 0 Å². The molecular formula is C12H16N2. The van der Waals surface area contributed by atoms with Crippen molar-refractivity contribution < 1.29 is 0 Å². The van der Waals surface area contributed by atoms with Crippen molar-refractivity contribution in [3.05, 3.63) is 35.0 Å². The summed E-state index contributed by atoms with van der Waals surface area (Å²) in [6, 6.07) is 6.55. The van der Waals surface area contributed by atoms with Crippen molar-refractivity contribution in [2.24, 2.45) is 0 Å². The highest BCUT2D eigenvalue weighted by Gasteiger charge is 2.06. The van der Waals surface area contributed by atoms with Gasteiger partial charge in [-0.25, -0.2) is 0 Å². The van der Waals surface area contributed by atoms with Crippen molar-refractivity contribution in [1.29, 1.82) is 0 Å². The van der Waals surface area contributed by atoms with Gasteiger partial charge in [0.2, 0.25) is 0 Å². The Hall–Kier alpha value is -1.28. The second-order valence-electron chi connectivity index (χ2n) is 3.81. The number of nitrogens with one attached hydrogen (secondary N) is 2. The molecule has 0 aliphatic heterocycles. The summed E-state index contributed by atoms with van der Waals surface area (Å²) < 4.78 is 0. The van der Waals surface area contributed by atoms with Gasteiger partial charge >= 0.3 is 0 Å². The molecule has 1 heterocycles. The number of hydrogen-bond acceptors (Lipinski definition) is 1. The fourth-order valence-electron chi connectivity index (χ4n) is 1.91. The summed E-state index contributed by atoms with van der Waals surface area (Å²) in [4.78, 5) is 3.41. The third-order valence-corrected chi connectivity index (χ3v) is 2.63. The first kappa shape index (κ1) is 9.28. The van der Waals surface area contributed by atoms with E-state index in [-0.39, 0.29) is 0 Å². The van der Waals surface area contributed by atoms with Gasteiger partial charge in [-0.1, -0.05) is 12.1 Å². The number of hydrogen-bond donors (Lipinski definition) is 2. The van der Waals surface area contributed by atoms with E-state index in [0.717, 1.165) is 6.54 Å². The summed E-state index contributed by atoms with van der Waals surface area (Å²) in [6.07, 6.45) is 0. The van der Waals surface area contributed by atoms with E-state index in [4.69, 9.17) is 0 Å². The van der Waals surface area contributed by atoms with E-state index in [2.05, 4.69) is 42.3 Å². The summed E-state index contributed by atoms with van der Waals surface area (Å²) in [5.74, 6) is 0. The number of H-pyrrole nitrogens is 1. The van der Waals surface area contributed by atoms with Crippen molar-refractivity contribution >= 4 is 10.9 Å². The molecule has 2 heteroatoms. The largest absolute Gasteiger partial charge is 0.358 e. The lowest BCUT2D eigenvalue weighted by molar-refractivity contribution is 0.817. The maximum atomic E-state index is 3.41. The van der Waals surface area contributed by atoms with Gasteiger partial charge < -0.3 is 10.3 Å². The zero-order valence-corrected chi connectivity index (χ0v) is 8.94. The number of rotatable bonds is 2. The maximum absolute atomic E-state index is 3.41. The van der Waals surface area contributed by atoms with Gasteiger partial charge in [-0.05, 0) is 38.1 Å². The molecule has 0 aliphatic rings. The molecule has 0 saturated heterocycles. The summed E-state index contributed by atoms with van der Waals surface area (Å²) >= 11 is 0. The average molecular weight is 188 g/mol. The van der Waals surface area contributed by atoms with E-state index in [9.17, 15) is 0 Å². The van der Waals surface area contributed by atoms with Gasteiger partial charge in [-0.15, -0.1) is 0 Å². The quantitative estimate of drug-likeness (QED) is 0.744. The van der Waals surface area contributed by atoms with Crippen molar-refractivity contribution in [1.82, 2.24) is 10.3 Å². The number of aromatic nitrogens is 1. The Labute approximate surface area is 84.3 Å². The molecule has 0 fully saturated rings. The molecule has 0 spiro atoms. The second-order valence-corrected chi connectivity index (χ2v) is 3.81. The lowest BCUT2D eigenvalue weighted by Crippen LogP contribution is -2.05. The van der Waals surface area contributed by atoms with E-state index in [1.165, 1.54) is 27.7 Å². The van der Waals surface area contributed by atoms with Gasteiger partial charge in [-0.3, -0.25) is 0 Å². The summed E-state index contributed by atoms with van der Waals surface area (Å²) in [5.41, 5.74) is 5.19. The molecular weight excluding hydrogens is 172 g/mol. The molecule has 0 aliphatic carbocycles. The minimum atomic E-state index is 0.925. The fourth-order valence-corrected chi connectivity index (χ4v) is 1.91. The summed E-state index contributed by atoms with van der Waals surface area (Å²) in [7, 11) is 1.98. The zero-order chi connectivity index (χ0) is 10.1. The van der Waals surface area contributed by atoms with Crippen LogP contribution in [0.25, 0.3) is 10.9 Å². The normalized spacial score (nSPS) is 11.1. The first-order valence-electron chi connectivity index (χ1n) is 4.95. The highest BCUT2D eigenvalue weighted by Crippen LogP contribution is 2.22. The topological polar surface area (TPSA) is 27.8 Å². The van der Waals surface area contributed by atoms with Gasteiger partial charge in [0.25, 0.3) is 0 Å². The molecule has 1 aromatic heterocycles. The third-order valence-electron chi connectivity index (χ3n) is 2.63. The van der Waals surface area contributed by atoms with Crippen LogP contribution >= 0.6 is 0 Å². The Balaban J connectivity index is 2.64. The van der Waals surface area contributed by atoms with Crippen molar-refractivity contribution in [3.63, 3.8) is 0 Å². The summed E-state index contributed by atoms with van der Waals surface area (Å²) in [6.45, 7) is 5.17. The Morgan fingerprint density at radius 1 is 1.29 bits per heavy atom. The Morgan fingerprint density at radius 2 is 2.07 bits per heavy atom. The molecule has 2 rings (SSSR count). The zero-order valence-electron chi connectivity index (χ0n) is 8.94. The molecule has 0 atom stereocenters. The lowest BCUT2D eigenvalue weighted by Gasteiger charge is -1.99. The molecule has 0 unspecified atom stereocenters. The van der Waals surface area contributed by atoms with Crippen LogP contribution in [0.1, 0.15) is 16.8 Å². The molecule has 0 radical (unpaired) electrons. The highest BCUT2D eigenvalue weighted by molar-refractivity contribution is 5.85. The van der Waals surface area contributed by atoms with E-state index >= 15 is 0 Å². The molecule has 2 N–H and O–H groups in total. The molecule has 0 saturated carbocycles. The number of benzene rings is 1. The van der Waals surface area contributed by atoms with Gasteiger partial charge in [0.15, 0.2) is 0 Å². The Kier molecular flexibility index (Phi) is 2.30. The fraction of sp³-hybridized carbons (Fsp3) is 0.333. The van der Waals surface area contributed by atoms with Crippen LogP contribution in [0.5, 0.6) is 0 Å². The Bertz CT molecular complexity index is 455. The molecule has 1 aromatic carbocycles. The first-order valence-corrected chi connectivity index (χ1v) is 4.95. The third kappa shape index (κ3) is 1.42. The number of aromatic amines is 1. The van der Waals surface area contributed by atoms with Crippen LogP contribution in [0, 0.1) is 13.8 Å². The minimum absolute atomic E-state index is 0.925. The van der Waals surface area contributed by atoms with Crippen molar-refractivity contribution in [2.45, 2.75) is 20.4 Å². The molecule has 0 amide bonds. The van der Waals surface area contributed by atoms with E-state index in [0.29, 0.717) is 0 Å². The van der Waals surface area contributed by atoms with E-state index in [1.54, 1.807) is 0 Å². The molecule has 2 aromatic rings. The van der Waals surface area contributed by atoms with Crippen LogP contribution in [0.3, 0.4) is 0 Å². The average Bonchev–Trinajstić information content (AvgIpc) is 2.43. The monoisotopic (exact) mass is 188 g/mol. The molecule has 2 nitrogen and oxygen atoms in total. The lowest BCUT2D eigenvalue weighted by atomic mass is 10.1. The summed E-state index contributed by atoms with van der Waals surface area (Å²) in [5, 5.41) is 4.53. The van der Waals surface area contributed by atoms with Gasteiger partial charge in [-0.2, -0.15) is 0 Å². The van der Waals surface area contributed by atoms with Crippen LogP contribution in [-0.2, 0) is 6.54 Å². The number of aryl methyl sites for hydroxylation is 2. The molecule has 0 bridgehead atoms. The Morgan fingerprint density at radius 3 is 2.79 bits per heavy atom. The van der Waals surface area contributed by atoms with Crippen LogP contribution in [0.15, 0.2) is 18.2 Å². The van der Waals surface area contributed by atoms with Crippen molar-refractivity contribution in [2.75, 3.05) is 7.05 Å². The van der Waals surface area contributed by atoms with Crippen LogP contribution in [-0.4, -0.2) is 12.0 Å². The number of fused-ring (bicyclic) bond motifs is 1.